The number of ether oxygens (including phenoxy) is 3. The lowest BCUT2D eigenvalue weighted by atomic mass is 9.93. The number of carbonyl (C=O) groups is 3. The Morgan fingerprint density at radius 3 is 1.47 bits per heavy atom. The summed E-state index contributed by atoms with van der Waals surface area (Å²) in [5, 5.41) is 0. The van der Waals surface area contributed by atoms with Crippen molar-refractivity contribution in [3.8, 4) is 0 Å². The molecule has 214 valence electrons. The minimum absolute atomic E-state index is 0.0262. The molecule has 0 amide bonds. The zero-order chi connectivity index (χ0) is 27.7. The van der Waals surface area contributed by atoms with Crippen LogP contribution in [0.3, 0.4) is 0 Å². The summed E-state index contributed by atoms with van der Waals surface area (Å²) in [4.78, 5) is 32.1. The molecule has 0 aromatic heterocycles. The minimum atomic E-state index is -0.0273. The molecule has 1 unspecified atom stereocenters. The molecule has 0 fully saturated rings. The lowest BCUT2D eigenvalue weighted by Gasteiger charge is -2.14. The molecule has 0 spiro atoms. The first-order valence-electron chi connectivity index (χ1n) is 14.1. The third kappa shape index (κ3) is 34.6. The third-order valence-electron chi connectivity index (χ3n) is 5.93. The number of unbranched alkanes of at least 4 members (excludes halogenated alkanes) is 9. The highest BCUT2D eigenvalue weighted by molar-refractivity contribution is 5.85. The topological polar surface area (TPSA) is 96.0 Å². The maximum absolute atomic E-state index is 11.6. The Hall–Kier alpha value is -1.57. The molecule has 0 saturated heterocycles. The first-order chi connectivity index (χ1) is 17.5. The van der Waals surface area contributed by atoms with E-state index >= 15 is 0 Å². The maximum atomic E-state index is 11.6. The highest BCUT2D eigenvalue weighted by Gasteiger charge is 2.07. The van der Waals surface area contributed by atoms with Crippen molar-refractivity contribution >= 4 is 28.5 Å². The van der Waals surface area contributed by atoms with Gasteiger partial charge in [0.05, 0.1) is 20.3 Å². The van der Waals surface area contributed by atoms with Crippen molar-refractivity contribution in [3.63, 3.8) is 0 Å². The highest BCUT2D eigenvalue weighted by atomic mass is 28.1. The number of esters is 2. The molecule has 0 bridgehead atoms. The largest absolute Gasteiger partial charge is 0.471 e. The van der Waals surface area contributed by atoms with Crippen LogP contribution in [0.1, 0.15) is 136 Å². The van der Waals surface area contributed by atoms with Crippen LogP contribution in [0.4, 0.5) is 0 Å². The van der Waals surface area contributed by atoms with Crippen molar-refractivity contribution in [1.82, 2.24) is 0 Å². The molecule has 8 heteroatoms. The van der Waals surface area contributed by atoms with Gasteiger partial charge in [-0.05, 0) is 38.0 Å². The summed E-state index contributed by atoms with van der Waals surface area (Å²) in [6, 6.07) is 0. The van der Waals surface area contributed by atoms with Crippen LogP contribution in [-0.4, -0.2) is 48.9 Å². The van der Waals surface area contributed by atoms with Crippen LogP contribution >= 0.6 is 0 Å². The van der Waals surface area contributed by atoms with E-state index in [1.807, 2.05) is 0 Å². The Balaban J connectivity index is -0.00000164. The first-order valence-corrected chi connectivity index (χ1v) is 14.7. The Morgan fingerprint density at radius 1 is 0.667 bits per heavy atom. The monoisotopic (exact) mass is 532 g/mol. The summed E-state index contributed by atoms with van der Waals surface area (Å²) < 4.78 is 22.7. The molecule has 1 atom stereocenters. The zero-order valence-corrected chi connectivity index (χ0v) is 25.3. The second-order valence-electron chi connectivity index (χ2n) is 9.01. The predicted molar refractivity (Wildman–Crippen MR) is 148 cm³/mol. The van der Waals surface area contributed by atoms with Gasteiger partial charge in [0, 0.05) is 12.8 Å². The quantitative estimate of drug-likeness (QED) is 0.0485. The standard InChI is InChI=1S/C26H50O4.C2H4O2.H2OSi/c1-4-7-12-20-25(27)29-22-16-11-9-10-14-18-24(6-3)19-15-17-23-30-26(28)21-13-8-5-2;1-4-2-3;1-2/h24H,4-23H2,1-3H3;2H,1H3;2H2. The molecule has 0 saturated carbocycles. The van der Waals surface area contributed by atoms with Gasteiger partial charge >= 0.3 is 11.9 Å². The summed E-state index contributed by atoms with van der Waals surface area (Å²) in [5.41, 5.74) is 0. The Kier molecular flexibility index (Phi) is 38.5. The Morgan fingerprint density at radius 2 is 1.06 bits per heavy atom. The van der Waals surface area contributed by atoms with Gasteiger partial charge in [0.2, 0.25) is 10.1 Å². The molecule has 36 heavy (non-hydrogen) atoms. The van der Waals surface area contributed by atoms with Gasteiger partial charge in [-0.2, -0.15) is 0 Å². The van der Waals surface area contributed by atoms with Crippen LogP contribution in [0.2, 0.25) is 0 Å². The number of rotatable bonds is 23. The van der Waals surface area contributed by atoms with Crippen LogP contribution in [0.25, 0.3) is 0 Å². The fourth-order valence-corrected chi connectivity index (χ4v) is 3.71. The molecule has 0 aliphatic rings. The van der Waals surface area contributed by atoms with Gasteiger partial charge in [-0.3, -0.25) is 14.4 Å². The van der Waals surface area contributed by atoms with Gasteiger partial charge in [-0.15, -0.1) is 0 Å². The van der Waals surface area contributed by atoms with E-state index in [4.69, 9.17) is 18.7 Å². The molecule has 0 aliphatic carbocycles. The number of carbonyl (C=O) groups excluding carboxylic acids is 3. The van der Waals surface area contributed by atoms with E-state index in [-0.39, 0.29) is 11.9 Å². The average molecular weight is 533 g/mol. The lowest BCUT2D eigenvalue weighted by Crippen LogP contribution is -2.06. The summed E-state index contributed by atoms with van der Waals surface area (Å²) in [6.07, 6.45) is 19.5. The van der Waals surface area contributed by atoms with E-state index in [9.17, 15) is 9.59 Å². The number of hydrogen-bond donors (Lipinski definition) is 0. The van der Waals surface area contributed by atoms with Crippen molar-refractivity contribution in [2.75, 3.05) is 20.3 Å². The molecule has 0 aliphatic heterocycles. The third-order valence-corrected chi connectivity index (χ3v) is 5.93. The summed E-state index contributed by atoms with van der Waals surface area (Å²) in [7, 11) is 1.92. The van der Waals surface area contributed by atoms with E-state index in [2.05, 4.69) is 25.5 Å². The SMILES string of the molecule is CCCCCC(=O)OCCCCCCCC(CC)CCCCOC(=O)CCCCC.COC=O.O=[SiH2]. The van der Waals surface area contributed by atoms with Crippen molar-refractivity contribution in [2.24, 2.45) is 5.92 Å². The number of hydrogen-bond acceptors (Lipinski definition) is 7. The average Bonchev–Trinajstić information content (AvgIpc) is 2.90. The van der Waals surface area contributed by atoms with E-state index in [0.717, 1.165) is 70.1 Å². The van der Waals surface area contributed by atoms with Crippen LogP contribution in [0.15, 0.2) is 0 Å². The van der Waals surface area contributed by atoms with Crippen LogP contribution in [0, 0.1) is 5.92 Å². The smallest absolute Gasteiger partial charge is 0.305 e. The molecular weight excluding hydrogens is 476 g/mol. The molecule has 0 aromatic carbocycles. The maximum Gasteiger partial charge on any atom is 0.305 e. The molecule has 0 N–H and O–H groups in total. The lowest BCUT2D eigenvalue weighted by molar-refractivity contribution is -0.144. The number of methoxy groups -OCH3 is 1. The highest BCUT2D eigenvalue weighted by Crippen LogP contribution is 2.20. The summed E-state index contributed by atoms with van der Waals surface area (Å²) in [6.45, 7) is 8.12. The molecule has 7 nitrogen and oxygen atoms in total. The van der Waals surface area contributed by atoms with Gasteiger partial charge in [0.15, 0.2) is 0 Å². The molecule has 0 aromatic rings. The van der Waals surface area contributed by atoms with E-state index < -0.39 is 0 Å². The fourth-order valence-electron chi connectivity index (χ4n) is 3.71. The molecular formula is C28H56O7Si. The fraction of sp³-hybridized carbons (Fsp3) is 0.893. The van der Waals surface area contributed by atoms with Gasteiger partial charge in [0.1, 0.15) is 0 Å². The Bertz CT molecular complexity index is 475. The van der Waals surface area contributed by atoms with Crippen LogP contribution in [0.5, 0.6) is 0 Å². The van der Waals surface area contributed by atoms with E-state index in [1.165, 1.54) is 45.6 Å². The van der Waals surface area contributed by atoms with Gasteiger partial charge in [-0.25, -0.2) is 0 Å². The minimum Gasteiger partial charge on any atom is -0.471 e. The second-order valence-corrected chi connectivity index (χ2v) is 9.01. The van der Waals surface area contributed by atoms with Gasteiger partial charge < -0.3 is 18.7 Å². The molecule has 0 heterocycles. The van der Waals surface area contributed by atoms with Crippen molar-refractivity contribution < 1.29 is 33.1 Å². The first kappa shape index (κ1) is 38.9. The summed E-state index contributed by atoms with van der Waals surface area (Å²) >= 11 is 0. The second kappa shape index (κ2) is 35.6. The predicted octanol–water partition coefficient (Wildman–Crippen LogP) is 6.52. The van der Waals surface area contributed by atoms with Crippen molar-refractivity contribution in [2.45, 2.75) is 136 Å². The van der Waals surface area contributed by atoms with Crippen LogP contribution < -0.4 is 0 Å². The Labute approximate surface area is 224 Å². The van der Waals surface area contributed by atoms with E-state index in [1.54, 1.807) is 0 Å². The normalized spacial score (nSPS) is 10.7. The molecule has 0 rings (SSSR count). The molecule has 0 radical (unpaired) electrons. The van der Waals surface area contributed by atoms with Crippen LogP contribution in [-0.2, 0) is 33.1 Å². The van der Waals surface area contributed by atoms with Crippen molar-refractivity contribution in [3.05, 3.63) is 0 Å². The van der Waals surface area contributed by atoms with Gasteiger partial charge in [-0.1, -0.05) is 91.4 Å². The van der Waals surface area contributed by atoms with E-state index in [0.29, 0.717) is 42.7 Å². The van der Waals surface area contributed by atoms with Crippen molar-refractivity contribution in [1.29, 1.82) is 0 Å². The summed E-state index contributed by atoms with van der Waals surface area (Å²) in [5.74, 6) is 0.747. The zero-order valence-electron chi connectivity index (χ0n) is 23.9. The van der Waals surface area contributed by atoms with Gasteiger partial charge in [0.25, 0.3) is 6.47 Å².